The molecule has 10 heavy (non-hydrogen) atoms. The van der Waals surface area contributed by atoms with Crippen molar-refractivity contribution < 1.29 is 20.4 Å². The Hall–Kier alpha value is -0.160. The van der Waals surface area contributed by atoms with Gasteiger partial charge in [0.25, 0.3) is 0 Å². The molecule has 4 nitrogen and oxygen atoms in total. The van der Waals surface area contributed by atoms with Gasteiger partial charge in [0, 0.05) is 12.5 Å². The largest absolute Gasteiger partial charge is 0.396 e. The molecule has 1 atom stereocenters. The molecule has 0 radical (unpaired) electrons. The Morgan fingerprint density at radius 1 is 1.10 bits per heavy atom. The summed E-state index contributed by atoms with van der Waals surface area (Å²) in [5, 5.41) is 34.0. The van der Waals surface area contributed by atoms with Gasteiger partial charge in [-0.25, -0.2) is 0 Å². The first kappa shape index (κ1) is 9.84. The summed E-state index contributed by atoms with van der Waals surface area (Å²) in [6, 6.07) is 0. The number of aliphatic hydroxyl groups excluding tert-OH is 3. The predicted molar refractivity (Wildman–Crippen MR) is 35.1 cm³/mol. The molecule has 0 rings (SSSR count). The summed E-state index contributed by atoms with van der Waals surface area (Å²) in [7, 11) is 0. The molecule has 0 spiro atoms. The standard InChI is InChI=1S/C6H14O4/c7-3-1-2-5(4-8)6(9)10/h5-10H,1-4H2. The molecule has 0 aliphatic rings. The molecule has 0 bridgehead atoms. The van der Waals surface area contributed by atoms with E-state index in [1.807, 2.05) is 0 Å². The Bertz CT molecular complexity index is 74.1. The summed E-state index contributed by atoms with van der Waals surface area (Å²) < 4.78 is 0. The predicted octanol–water partition coefficient (Wildman–Crippen LogP) is -1.32. The van der Waals surface area contributed by atoms with Gasteiger partial charge < -0.3 is 20.4 Å². The van der Waals surface area contributed by atoms with Crippen molar-refractivity contribution in [2.24, 2.45) is 5.92 Å². The van der Waals surface area contributed by atoms with E-state index in [2.05, 4.69) is 0 Å². The fourth-order valence-electron chi connectivity index (χ4n) is 0.688. The van der Waals surface area contributed by atoms with Crippen molar-refractivity contribution in [3.05, 3.63) is 0 Å². The van der Waals surface area contributed by atoms with Crippen LogP contribution in [0.15, 0.2) is 0 Å². The summed E-state index contributed by atoms with van der Waals surface area (Å²) in [6.07, 6.45) is -0.551. The third-order valence-electron chi connectivity index (χ3n) is 1.39. The Kier molecular flexibility index (Phi) is 5.52. The highest BCUT2D eigenvalue weighted by Gasteiger charge is 2.13. The van der Waals surface area contributed by atoms with Crippen LogP contribution >= 0.6 is 0 Å². The van der Waals surface area contributed by atoms with Crippen LogP contribution < -0.4 is 0 Å². The Balaban J connectivity index is 3.40. The van der Waals surface area contributed by atoms with Gasteiger partial charge in [-0.3, -0.25) is 0 Å². The molecule has 0 heterocycles. The number of rotatable bonds is 5. The molecular formula is C6H14O4. The number of hydrogen-bond acceptors (Lipinski definition) is 4. The fourth-order valence-corrected chi connectivity index (χ4v) is 0.688. The Morgan fingerprint density at radius 2 is 1.70 bits per heavy atom. The lowest BCUT2D eigenvalue weighted by Crippen LogP contribution is -2.23. The second kappa shape index (κ2) is 5.61. The van der Waals surface area contributed by atoms with Crippen molar-refractivity contribution >= 4 is 0 Å². The summed E-state index contributed by atoms with van der Waals surface area (Å²) in [5.41, 5.74) is 0. The smallest absolute Gasteiger partial charge is 0.156 e. The molecule has 0 fully saturated rings. The van der Waals surface area contributed by atoms with Gasteiger partial charge in [-0.15, -0.1) is 0 Å². The summed E-state index contributed by atoms with van der Waals surface area (Å²) in [5.74, 6) is -0.521. The van der Waals surface area contributed by atoms with Crippen molar-refractivity contribution in [2.75, 3.05) is 13.2 Å². The lowest BCUT2D eigenvalue weighted by Gasteiger charge is -2.14. The van der Waals surface area contributed by atoms with Gasteiger partial charge in [0.1, 0.15) is 0 Å². The second-order valence-electron chi connectivity index (χ2n) is 2.22. The van der Waals surface area contributed by atoms with Crippen LogP contribution in [0.2, 0.25) is 0 Å². The zero-order valence-corrected chi connectivity index (χ0v) is 5.77. The SMILES string of the molecule is OCCCC(CO)C(O)O. The van der Waals surface area contributed by atoms with E-state index in [4.69, 9.17) is 20.4 Å². The van der Waals surface area contributed by atoms with Crippen LogP contribution in [0.4, 0.5) is 0 Å². The molecule has 4 N–H and O–H groups in total. The van der Waals surface area contributed by atoms with E-state index in [-0.39, 0.29) is 13.2 Å². The third-order valence-corrected chi connectivity index (χ3v) is 1.39. The van der Waals surface area contributed by atoms with E-state index >= 15 is 0 Å². The van der Waals surface area contributed by atoms with E-state index in [1.54, 1.807) is 0 Å². The first-order valence-corrected chi connectivity index (χ1v) is 3.30. The highest BCUT2D eigenvalue weighted by Crippen LogP contribution is 2.08. The van der Waals surface area contributed by atoms with Crippen LogP contribution in [-0.4, -0.2) is 39.9 Å². The minimum absolute atomic E-state index is 0.0171. The normalized spacial score (nSPS) is 14.1. The maximum Gasteiger partial charge on any atom is 0.156 e. The van der Waals surface area contributed by atoms with Gasteiger partial charge >= 0.3 is 0 Å². The molecule has 0 amide bonds. The zero-order valence-electron chi connectivity index (χ0n) is 5.77. The fraction of sp³-hybridized carbons (Fsp3) is 1.00. The average molecular weight is 150 g/mol. The van der Waals surface area contributed by atoms with Crippen molar-refractivity contribution in [2.45, 2.75) is 19.1 Å². The molecule has 0 aromatic heterocycles. The minimum atomic E-state index is -1.48. The molecule has 1 unspecified atom stereocenters. The highest BCUT2D eigenvalue weighted by molar-refractivity contribution is 4.58. The summed E-state index contributed by atoms with van der Waals surface area (Å²) in [6.45, 7) is -0.235. The minimum Gasteiger partial charge on any atom is -0.396 e. The van der Waals surface area contributed by atoms with Crippen LogP contribution in [0.5, 0.6) is 0 Å². The van der Waals surface area contributed by atoms with E-state index in [0.29, 0.717) is 12.8 Å². The Morgan fingerprint density at radius 3 is 2.00 bits per heavy atom. The van der Waals surface area contributed by atoms with Crippen molar-refractivity contribution in [1.29, 1.82) is 0 Å². The van der Waals surface area contributed by atoms with Gasteiger partial charge in [0.05, 0.1) is 6.61 Å². The van der Waals surface area contributed by atoms with Crippen LogP contribution in [0.3, 0.4) is 0 Å². The van der Waals surface area contributed by atoms with E-state index < -0.39 is 12.2 Å². The summed E-state index contributed by atoms with van der Waals surface area (Å²) in [4.78, 5) is 0. The second-order valence-corrected chi connectivity index (χ2v) is 2.22. The van der Waals surface area contributed by atoms with Crippen LogP contribution in [0.25, 0.3) is 0 Å². The molecule has 0 aliphatic carbocycles. The first-order chi connectivity index (χ1) is 4.72. The third kappa shape index (κ3) is 3.79. The molecule has 4 heteroatoms. The van der Waals surface area contributed by atoms with E-state index in [9.17, 15) is 0 Å². The van der Waals surface area contributed by atoms with Crippen molar-refractivity contribution in [1.82, 2.24) is 0 Å². The van der Waals surface area contributed by atoms with Gasteiger partial charge in [-0.05, 0) is 12.8 Å². The highest BCUT2D eigenvalue weighted by atomic mass is 16.5. The Labute approximate surface area is 59.7 Å². The quantitative estimate of drug-likeness (QED) is 0.366. The maximum absolute atomic E-state index is 8.55. The summed E-state index contributed by atoms with van der Waals surface area (Å²) >= 11 is 0. The molecular weight excluding hydrogens is 136 g/mol. The number of aliphatic hydroxyl groups is 4. The molecule has 62 valence electrons. The van der Waals surface area contributed by atoms with Gasteiger partial charge in [-0.2, -0.15) is 0 Å². The van der Waals surface area contributed by atoms with E-state index in [0.717, 1.165) is 0 Å². The van der Waals surface area contributed by atoms with Crippen molar-refractivity contribution in [3.63, 3.8) is 0 Å². The van der Waals surface area contributed by atoms with Crippen molar-refractivity contribution in [3.8, 4) is 0 Å². The van der Waals surface area contributed by atoms with Gasteiger partial charge in [-0.1, -0.05) is 0 Å². The monoisotopic (exact) mass is 150 g/mol. The molecule has 0 aliphatic heterocycles. The van der Waals surface area contributed by atoms with E-state index in [1.165, 1.54) is 0 Å². The molecule has 0 saturated carbocycles. The lowest BCUT2D eigenvalue weighted by atomic mass is 10.0. The molecule has 0 aromatic rings. The lowest BCUT2D eigenvalue weighted by molar-refractivity contribution is -0.0993. The van der Waals surface area contributed by atoms with Crippen LogP contribution in [0, 0.1) is 5.92 Å². The molecule has 0 aromatic carbocycles. The maximum atomic E-state index is 8.55. The van der Waals surface area contributed by atoms with Gasteiger partial charge in [0.15, 0.2) is 6.29 Å². The topological polar surface area (TPSA) is 80.9 Å². The average Bonchev–Trinajstić information content (AvgIpc) is 1.89. The first-order valence-electron chi connectivity index (χ1n) is 3.30. The number of hydrogen-bond donors (Lipinski definition) is 4. The van der Waals surface area contributed by atoms with Crippen LogP contribution in [0.1, 0.15) is 12.8 Å². The van der Waals surface area contributed by atoms with Gasteiger partial charge in [0.2, 0.25) is 0 Å². The molecule has 0 saturated heterocycles. The zero-order chi connectivity index (χ0) is 7.98. The van der Waals surface area contributed by atoms with Crippen LogP contribution in [-0.2, 0) is 0 Å².